The molecule has 2 fully saturated rings. The van der Waals surface area contributed by atoms with E-state index in [4.69, 9.17) is 48.5 Å². The summed E-state index contributed by atoms with van der Waals surface area (Å²) in [6.07, 6.45) is 3.98. The van der Waals surface area contributed by atoms with Gasteiger partial charge >= 0.3 is 27.9 Å². The van der Waals surface area contributed by atoms with Crippen LogP contribution in [0.3, 0.4) is 0 Å². The van der Waals surface area contributed by atoms with Crippen molar-refractivity contribution in [2.45, 2.75) is 123 Å². The highest BCUT2D eigenvalue weighted by molar-refractivity contribution is 7.79. The minimum atomic E-state index is -4.67. The molecule has 0 aromatic heterocycles. The molecule has 0 amide bonds. The number of hydrogen-bond donors (Lipinski definition) is 4. The van der Waals surface area contributed by atoms with E-state index in [0.29, 0.717) is 38.4 Å². The number of ether oxygens (including phenoxy) is 3. The summed E-state index contributed by atoms with van der Waals surface area (Å²) >= 11 is 0. The highest BCUT2D eigenvalue weighted by Gasteiger charge is 2.60. The topological polar surface area (TPSA) is 194 Å². The predicted octanol–water partition coefficient (Wildman–Crippen LogP) is 3.19. The average molecular weight is 595 g/mol. The molecule has 40 heavy (non-hydrogen) atoms. The van der Waals surface area contributed by atoms with Crippen LogP contribution in [-0.2, 0) is 34.2 Å². The van der Waals surface area contributed by atoms with Crippen molar-refractivity contribution in [3.63, 3.8) is 0 Å². The minimum Gasteiger partial charge on any atom is -0.477 e. The van der Waals surface area contributed by atoms with Gasteiger partial charge in [-0.15, -0.1) is 0 Å². The van der Waals surface area contributed by atoms with Gasteiger partial charge in [-0.25, -0.2) is 16.4 Å². The Kier molecular flexibility index (Phi) is 14.2. The second-order valence-corrected chi connectivity index (χ2v) is 12.2. The number of nitrogens with zero attached hydrogens (tertiary/aromatic N) is 2. The quantitative estimate of drug-likeness (QED) is 0.192. The van der Waals surface area contributed by atoms with Crippen molar-refractivity contribution in [1.82, 2.24) is 0 Å². The zero-order valence-electron chi connectivity index (χ0n) is 24.8. The molecule has 1 heterocycles. The Morgan fingerprint density at radius 1 is 1.12 bits per heavy atom. The molecule has 14 heteroatoms. The Morgan fingerprint density at radius 2 is 1.57 bits per heavy atom. The molecule has 0 aromatic rings. The Bertz CT molecular complexity index is 1010. The van der Waals surface area contributed by atoms with Crippen molar-refractivity contribution < 1.29 is 51.5 Å². The number of esters is 2. The summed E-state index contributed by atoms with van der Waals surface area (Å²) in [5.74, 6) is 0.0772. The van der Waals surface area contributed by atoms with E-state index in [1.165, 1.54) is 0 Å². The van der Waals surface area contributed by atoms with Crippen molar-refractivity contribution in [3.05, 3.63) is 11.4 Å². The SMILES string of the molecule is CC(O)CC(C)(C)O.CCOC(=O)C1(C2=NC(C)(C)CC(C)O2)CC1.O=S(=O)(O)O.[C-]#[N+]C1(C(=O)OCC)CC1. The molecule has 0 aromatic carbocycles. The van der Waals surface area contributed by atoms with Crippen LogP contribution in [0, 0.1) is 12.0 Å². The van der Waals surface area contributed by atoms with Crippen molar-refractivity contribution in [2.75, 3.05) is 13.2 Å². The molecular formula is C26H46N2O11S. The van der Waals surface area contributed by atoms with Crippen molar-refractivity contribution >= 4 is 28.2 Å². The molecule has 0 spiro atoms. The molecule has 0 radical (unpaired) electrons. The smallest absolute Gasteiger partial charge is 0.394 e. The van der Waals surface area contributed by atoms with Gasteiger partial charge < -0.3 is 24.4 Å². The lowest BCUT2D eigenvalue weighted by Crippen LogP contribution is -2.40. The maximum absolute atomic E-state index is 12.0. The van der Waals surface area contributed by atoms with E-state index in [1.54, 1.807) is 27.7 Å². The molecule has 232 valence electrons. The van der Waals surface area contributed by atoms with E-state index in [1.807, 2.05) is 13.8 Å². The highest BCUT2D eigenvalue weighted by Crippen LogP contribution is 2.50. The normalized spacial score (nSPS) is 21.8. The Hall–Kier alpha value is -2.31. The lowest BCUT2D eigenvalue weighted by atomic mass is 9.95. The van der Waals surface area contributed by atoms with E-state index in [9.17, 15) is 9.59 Å². The molecule has 2 unspecified atom stereocenters. The van der Waals surface area contributed by atoms with Crippen molar-refractivity contribution in [1.29, 1.82) is 0 Å². The molecule has 1 aliphatic heterocycles. The van der Waals surface area contributed by atoms with Crippen molar-refractivity contribution in [2.24, 2.45) is 10.4 Å². The monoisotopic (exact) mass is 594 g/mol. The summed E-state index contributed by atoms with van der Waals surface area (Å²) in [4.78, 5) is 30.7. The summed E-state index contributed by atoms with van der Waals surface area (Å²) in [6, 6.07) is 0. The Labute approximate surface area is 237 Å². The fraction of sp³-hybridized carbons (Fsp3) is 0.846. The van der Waals surface area contributed by atoms with E-state index in [2.05, 4.69) is 23.7 Å². The predicted molar refractivity (Wildman–Crippen MR) is 147 cm³/mol. The molecule has 3 aliphatic rings. The number of carbonyl (C=O) groups excluding carboxylic acids is 2. The van der Waals surface area contributed by atoms with E-state index in [0.717, 1.165) is 19.3 Å². The third-order valence-electron chi connectivity index (χ3n) is 5.72. The van der Waals surface area contributed by atoms with E-state index < -0.39 is 33.1 Å². The molecule has 13 nitrogen and oxygen atoms in total. The van der Waals surface area contributed by atoms with Gasteiger partial charge in [-0.1, -0.05) is 0 Å². The standard InChI is InChI=1S/C13H21NO3.C7H9NO2.C6H14O2.H2O4S/c1-5-16-11(15)13(6-7-13)10-14-12(3,4)8-9(2)17-10;1-3-10-6(9)7(8-2)4-5-7;1-5(7)4-6(2,3)8;1-5(2,3)4/h9H,5-8H2,1-4H3;3-5H2,1H3;5,7-8H,4H2,1-3H3;(H2,1,2,3,4). The van der Waals surface area contributed by atoms with Gasteiger partial charge in [0.25, 0.3) is 0 Å². The first-order chi connectivity index (χ1) is 18.1. The van der Waals surface area contributed by atoms with Gasteiger partial charge in [-0.2, -0.15) is 8.42 Å². The largest absolute Gasteiger partial charge is 0.477 e. The fourth-order valence-electron chi connectivity index (χ4n) is 3.87. The fourth-order valence-corrected chi connectivity index (χ4v) is 3.87. The van der Waals surface area contributed by atoms with E-state index in [-0.39, 0.29) is 23.6 Å². The minimum absolute atomic E-state index is 0.115. The summed E-state index contributed by atoms with van der Waals surface area (Å²) in [7, 11) is -4.67. The van der Waals surface area contributed by atoms with Gasteiger partial charge in [-0.05, 0) is 68.2 Å². The number of rotatable bonds is 7. The van der Waals surface area contributed by atoms with Crippen molar-refractivity contribution in [3.8, 4) is 0 Å². The maximum atomic E-state index is 12.0. The van der Waals surface area contributed by atoms with Gasteiger partial charge in [0.15, 0.2) is 0 Å². The second-order valence-electron chi connectivity index (χ2n) is 11.3. The first-order valence-electron chi connectivity index (χ1n) is 13.2. The lowest BCUT2D eigenvalue weighted by Gasteiger charge is -2.33. The number of aliphatic hydroxyl groups is 2. The second kappa shape index (κ2) is 15.1. The van der Waals surface area contributed by atoms with Gasteiger partial charge in [0.2, 0.25) is 5.90 Å². The molecule has 2 saturated carbocycles. The molecule has 3 rings (SSSR count). The van der Waals surface area contributed by atoms with Gasteiger partial charge in [0.05, 0.1) is 36.6 Å². The summed E-state index contributed by atoms with van der Waals surface area (Å²) in [5, 5.41) is 17.8. The average Bonchev–Trinajstić information content (AvgIpc) is 3.65. The van der Waals surface area contributed by atoms with E-state index >= 15 is 0 Å². The number of hydrogen-bond acceptors (Lipinski definition) is 10. The number of aliphatic imine (C=N–C) groups is 1. The van der Waals surface area contributed by atoms with Crippen LogP contribution in [0.2, 0.25) is 0 Å². The lowest BCUT2D eigenvalue weighted by molar-refractivity contribution is -0.147. The first-order valence-corrected chi connectivity index (χ1v) is 14.6. The number of carbonyl (C=O) groups is 2. The summed E-state index contributed by atoms with van der Waals surface area (Å²) in [6.45, 7) is 22.3. The van der Waals surface area contributed by atoms with Crippen LogP contribution in [-0.4, -0.2) is 87.7 Å². The Morgan fingerprint density at radius 3 is 1.85 bits per heavy atom. The molecule has 2 atom stereocenters. The molecule has 2 aliphatic carbocycles. The van der Waals surface area contributed by atoms with Crippen LogP contribution in [0.1, 0.15) is 93.9 Å². The Balaban J connectivity index is 0.000000565. The highest BCUT2D eigenvalue weighted by atomic mass is 32.3. The zero-order chi connectivity index (χ0) is 31.6. The summed E-state index contributed by atoms with van der Waals surface area (Å²) in [5.41, 5.74) is -2.21. The van der Waals surface area contributed by atoms with Gasteiger partial charge in [0.1, 0.15) is 5.41 Å². The van der Waals surface area contributed by atoms with Gasteiger partial charge in [-0.3, -0.25) is 18.7 Å². The third kappa shape index (κ3) is 14.9. The molecule has 0 bridgehead atoms. The van der Waals surface area contributed by atoms with Crippen LogP contribution in [0.15, 0.2) is 4.99 Å². The van der Waals surface area contributed by atoms with Crippen LogP contribution in [0.5, 0.6) is 0 Å². The van der Waals surface area contributed by atoms with Crippen LogP contribution in [0.4, 0.5) is 0 Å². The van der Waals surface area contributed by atoms with Crippen LogP contribution >= 0.6 is 0 Å². The third-order valence-corrected chi connectivity index (χ3v) is 5.72. The number of aliphatic hydroxyl groups excluding tert-OH is 1. The molecular weight excluding hydrogens is 548 g/mol. The van der Waals surface area contributed by atoms with Crippen LogP contribution < -0.4 is 0 Å². The first kappa shape index (κ1) is 37.7. The maximum Gasteiger partial charge on any atom is 0.394 e. The molecule has 0 saturated heterocycles. The molecule has 4 N–H and O–H groups in total. The summed E-state index contributed by atoms with van der Waals surface area (Å²) < 4.78 is 47.2. The van der Waals surface area contributed by atoms with Crippen LogP contribution in [0.25, 0.3) is 4.85 Å². The zero-order valence-corrected chi connectivity index (χ0v) is 25.6. The van der Waals surface area contributed by atoms with Gasteiger partial charge in [0, 0.05) is 25.7 Å².